The van der Waals surface area contributed by atoms with Crippen LogP contribution in [0.5, 0.6) is 5.75 Å². The fraction of sp³-hybridized carbons (Fsp3) is 0.500. The molecule has 0 saturated heterocycles. The van der Waals surface area contributed by atoms with Gasteiger partial charge in [-0.3, -0.25) is 0 Å². The summed E-state index contributed by atoms with van der Waals surface area (Å²) < 4.78 is 0.996. The van der Waals surface area contributed by atoms with Crippen LogP contribution in [0.3, 0.4) is 0 Å². The Bertz CT molecular complexity index is 334. The molecule has 0 amide bonds. The van der Waals surface area contributed by atoms with E-state index in [1.807, 2.05) is 12.1 Å². The third-order valence-electron chi connectivity index (χ3n) is 2.32. The molecule has 2 N–H and O–H groups in total. The molecule has 0 atom stereocenters. The number of hydrogen-bond donors (Lipinski definition) is 2. The number of nitrogens with one attached hydrogen (secondary N) is 1. The van der Waals surface area contributed by atoms with Crippen LogP contribution in [0, 0.1) is 0 Å². The zero-order valence-corrected chi connectivity index (χ0v) is 12.6. The van der Waals surface area contributed by atoms with Crippen LogP contribution >= 0.6 is 28.3 Å². The van der Waals surface area contributed by atoms with E-state index in [-0.39, 0.29) is 12.4 Å². The Morgan fingerprint density at radius 3 is 2.71 bits per heavy atom. The second-order valence-corrected chi connectivity index (χ2v) is 5.02. The predicted molar refractivity (Wildman–Crippen MR) is 77.9 cm³/mol. The maximum absolute atomic E-state index is 9.61. The first-order valence-electron chi connectivity index (χ1n) is 5.42. The normalized spacial score (nSPS) is 10.4. The van der Waals surface area contributed by atoms with E-state index in [1.165, 1.54) is 0 Å². The Hall–Kier alpha value is -0.290. The Labute approximate surface area is 118 Å². The van der Waals surface area contributed by atoms with Gasteiger partial charge in [-0.25, -0.2) is 0 Å². The summed E-state index contributed by atoms with van der Waals surface area (Å²) in [5, 5.41) is 12.9. The SMILES string of the molecule is CN(C)CCCNCc1cc(Br)ccc1O.Cl. The largest absolute Gasteiger partial charge is 0.508 e. The highest BCUT2D eigenvalue weighted by Gasteiger charge is 2.01. The standard InChI is InChI=1S/C12H19BrN2O.ClH/c1-15(2)7-3-6-14-9-10-8-11(13)4-5-12(10)16;/h4-5,8,14,16H,3,6-7,9H2,1-2H3;1H. The topological polar surface area (TPSA) is 35.5 Å². The lowest BCUT2D eigenvalue weighted by molar-refractivity contribution is 0.393. The smallest absolute Gasteiger partial charge is 0.120 e. The molecule has 0 saturated carbocycles. The summed E-state index contributed by atoms with van der Waals surface area (Å²) in [6, 6.07) is 5.49. The average Bonchev–Trinajstić information content (AvgIpc) is 2.22. The zero-order chi connectivity index (χ0) is 12.0. The number of nitrogens with zero attached hydrogens (tertiary/aromatic N) is 1. The molecule has 0 unspecified atom stereocenters. The summed E-state index contributed by atoms with van der Waals surface area (Å²) in [5.74, 6) is 0.350. The van der Waals surface area contributed by atoms with E-state index in [0.29, 0.717) is 12.3 Å². The molecule has 0 spiro atoms. The second-order valence-electron chi connectivity index (χ2n) is 4.11. The lowest BCUT2D eigenvalue weighted by Crippen LogP contribution is -2.21. The number of rotatable bonds is 6. The van der Waals surface area contributed by atoms with Crippen molar-refractivity contribution in [3.63, 3.8) is 0 Å². The van der Waals surface area contributed by atoms with Gasteiger partial charge < -0.3 is 15.3 Å². The minimum atomic E-state index is 0. The average molecular weight is 324 g/mol. The van der Waals surface area contributed by atoms with Crippen LogP contribution in [0.4, 0.5) is 0 Å². The summed E-state index contributed by atoms with van der Waals surface area (Å²) in [6.45, 7) is 2.75. The maximum atomic E-state index is 9.61. The van der Waals surface area contributed by atoms with Crippen LogP contribution < -0.4 is 5.32 Å². The third kappa shape index (κ3) is 6.88. The molecule has 0 radical (unpaired) electrons. The number of halogens is 2. The van der Waals surface area contributed by atoms with Crippen LogP contribution in [0.2, 0.25) is 0 Å². The molecule has 0 aromatic heterocycles. The van der Waals surface area contributed by atoms with Gasteiger partial charge in [0, 0.05) is 16.6 Å². The van der Waals surface area contributed by atoms with Crippen LogP contribution in [0.25, 0.3) is 0 Å². The molecule has 1 aromatic rings. The van der Waals surface area contributed by atoms with Crippen molar-refractivity contribution in [2.75, 3.05) is 27.2 Å². The maximum Gasteiger partial charge on any atom is 0.120 e. The van der Waals surface area contributed by atoms with Gasteiger partial charge in [0.1, 0.15) is 5.75 Å². The van der Waals surface area contributed by atoms with Gasteiger partial charge in [0.15, 0.2) is 0 Å². The first-order valence-corrected chi connectivity index (χ1v) is 6.21. The molecule has 5 heteroatoms. The van der Waals surface area contributed by atoms with Gasteiger partial charge in [-0.05, 0) is 51.8 Å². The monoisotopic (exact) mass is 322 g/mol. The van der Waals surface area contributed by atoms with Gasteiger partial charge in [-0.15, -0.1) is 12.4 Å². The van der Waals surface area contributed by atoms with Crippen molar-refractivity contribution in [2.45, 2.75) is 13.0 Å². The Balaban J connectivity index is 0.00000256. The van der Waals surface area contributed by atoms with Gasteiger partial charge in [0.05, 0.1) is 0 Å². The quantitative estimate of drug-likeness (QED) is 0.790. The van der Waals surface area contributed by atoms with E-state index in [1.54, 1.807) is 6.07 Å². The summed E-state index contributed by atoms with van der Waals surface area (Å²) in [5.41, 5.74) is 0.930. The number of aromatic hydroxyl groups is 1. The second kappa shape index (κ2) is 8.75. The zero-order valence-electron chi connectivity index (χ0n) is 10.2. The summed E-state index contributed by atoms with van der Waals surface area (Å²) >= 11 is 3.39. The summed E-state index contributed by atoms with van der Waals surface area (Å²) in [6.07, 6.45) is 1.11. The van der Waals surface area contributed by atoms with E-state index in [0.717, 1.165) is 29.5 Å². The Morgan fingerprint density at radius 1 is 1.35 bits per heavy atom. The van der Waals surface area contributed by atoms with Gasteiger partial charge in [0.25, 0.3) is 0 Å². The first kappa shape index (κ1) is 16.7. The van der Waals surface area contributed by atoms with Crippen molar-refractivity contribution in [1.29, 1.82) is 0 Å². The molecule has 1 rings (SSSR count). The van der Waals surface area contributed by atoms with E-state index in [4.69, 9.17) is 0 Å². The molecular formula is C12H20BrClN2O. The third-order valence-corrected chi connectivity index (χ3v) is 2.81. The van der Waals surface area contributed by atoms with Crippen LogP contribution in [-0.2, 0) is 6.54 Å². The van der Waals surface area contributed by atoms with Crippen LogP contribution in [-0.4, -0.2) is 37.2 Å². The molecule has 0 aliphatic rings. The molecule has 17 heavy (non-hydrogen) atoms. The molecule has 0 heterocycles. The molecule has 98 valence electrons. The van der Waals surface area contributed by atoms with E-state index < -0.39 is 0 Å². The number of hydrogen-bond acceptors (Lipinski definition) is 3. The van der Waals surface area contributed by atoms with E-state index in [2.05, 4.69) is 40.2 Å². The lowest BCUT2D eigenvalue weighted by atomic mass is 10.2. The molecule has 3 nitrogen and oxygen atoms in total. The number of benzene rings is 1. The fourth-order valence-electron chi connectivity index (χ4n) is 1.44. The molecular weight excluding hydrogens is 304 g/mol. The Kier molecular flexibility index (Phi) is 8.60. The van der Waals surface area contributed by atoms with Crippen molar-refractivity contribution in [1.82, 2.24) is 10.2 Å². The number of phenolic OH excluding ortho intramolecular Hbond substituents is 1. The lowest BCUT2D eigenvalue weighted by Gasteiger charge is -2.10. The molecule has 0 aliphatic carbocycles. The van der Waals surface area contributed by atoms with Crippen molar-refractivity contribution in [3.05, 3.63) is 28.2 Å². The molecule has 0 fully saturated rings. The highest BCUT2D eigenvalue weighted by molar-refractivity contribution is 9.10. The fourth-order valence-corrected chi connectivity index (χ4v) is 1.85. The van der Waals surface area contributed by atoms with E-state index in [9.17, 15) is 5.11 Å². The van der Waals surface area contributed by atoms with Crippen molar-refractivity contribution in [3.8, 4) is 5.75 Å². The van der Waals surface area contributed by atoms with Gasteiger partial charge in [0.2, 0.25) is 0 Å². The van der Waals surface area contributed by atoms with Crippen molar-refractivity contribution in [2.24, 2.45) is 0 Å². The summed E-state index contributed by atoms with van der Waals surface area (Å²) in [7, 11) is 4.14. The molecule has 1 aromatic carbocycles. The first-order chi connectivity index (χ1) is 7.59. The highest BCUT2D eigenvalue weighted by Crippen LogP contribution is 2.21. The van der Waals surface area contributed by atoms with Gasteiger partial charge in [-0.2, -0.15) is 0 Å². The van der Waals surface area contributed by atoms with Crippen LogP contribution in [0.15, 0.2) is 22.7 Å². The highest BCUT2D eigenvalue weighted by atomic mass is 79.9. The molecule has 0 aliphatic heterocycles. The van der Waals surface area contributed by atoms with Gasteiger partial charge in [-0.1, -0.05) is 15.9 Å². The van der Waals surface area contributed by atoms with Crippen molar-refractivity contribution < 1.29 is 5.11 Å². The van der Waals surface area contributed by atoms with E-state index >= 15 is 0 Å². The minimum absolute atomic E-state index is 0. The Morgan fingerprint density at radius 2 is 2.06 bits per heavy atom. The van der Waals surface area contributed by atoms with Crippen molar-refractivity contribution >= 4 is 28.3 Å². The van der Waals surface area contributed by atoms with Crippen LogP contribution in [0.1, 0.15) is 12.0 Å². The number of phenols is 1. The molecule has 0 bridgehead atoms. The predicted octanol–water partition coefficient (Wildman–Crippen LogP) is 2.62. The minimum Gasteiger partial charge on any atom is -0.508 e. The van der Waals surface area contributed by atoms with Gasteiger partial charge >= 0.3 is 0 Å². The summed E-state index contributed by atoms with van der Waals surface area (Å²) in [4.78, 5) is 2.16.